The van der Waals surface area contributed by atoms with E-state index >= 15 is 0 Å². The molecule has 0 amide bonds. The fraction of sp³-hybridized carbons (Fsp3) is 0.571. The lowest BCUT2D eigenvalue weighted by molar-refractivity contribution is -0.140. The molecular formula is C21H23F5N8. The number of fused-ring (bicyclic) bond motifs is 1. The van der Waals surface area contributed by atoms with Crippen LogP contribution in [0.1, 0.15) is 30.8 Å². The van der Waals surface area contributed by atoms with Crippen LogP contribution < -0.4 is 9.80 Å². The molecule has 182 valence electrons. The number of aromatic nitrogens is 6. The zero-order chi connectivity index (χ0) is 24.1. The molecule has 2 fully saturated rings. The Balaban J connectivity index is 1.30. The fourth-order valence-electron chi connectivity index (χ4n) is 4.92. The lowest BCUT2D eigenvalue weighted by Crippen LogP contribution is -2.42. The number of halogens is 5. The number of aryl methyl sites for hydroxylation is 1. The summed E-state index contributed by atoms with van der Waals surface area (Å²) in [5.74, 6) is 0.672. The maximum atomic E-state index is 13.6. The molecule has 0 aromatic carbocycles. The topological polar surface area (TPSA) is 75.9 Å². The number of anilines is 2. The molecule has 5 heterocycles. The summed E-state index contributed by atoms with van der Waals surface area (Å²) in [6.07, 6.45) is -0.487. The van der Waals surface area contributed by atoms with E-state index in [9.17, 15) is 22.0 Å². The molecule has 3 aromatic heterocycles. The van der Waals surface area contributed by atoms with Crippen molar-refractivity contribution in [2.24, 2.45) is 5.41 Å². The Labute approximate surface area is 191 Å². The lowest BCUT2D eigenvalue weighted by atomic mass is 9.78. The van der Waals surface area contributed by atoms with Crippen LogP contribution in [0.2, 0.25) is 0 Å². The van der Waals surface area contributed by atoms with Crippen molar-refractivity contribution >= 4 is 22.7 Å². The Kier molecular flexibility index (Phi) is 5.52. The van der Waals surface area contributed by atoms with Crippen LogP contribution in [0.5, 0.6) is 0 Å². The highest BCUT2D eigenvalue weighted by molar-refractivity contribution is 5.71. The molecule has 13 heteroatoms. The monoisotopic (exact) mass is 482 g/mol. The highest BCUT2D eigenvalue weighted by Gasteiger charge is 2.44. The number of alkyl halides is 5. The molecule has 0 bridgehead atoms. The van der Waals surface area contributed by atoms with Crippen molar-refractivity contribution in [1.29, 1.82) is 0 Å². The summed E-state index contributed by atoms with van der Waals surface area (Å²) in [6, 6.07) is 0. The molecule has 1 spiro atoms. The van der Waals surface area contributed by atoms with E-state index in [0.29, 0.717) is 43.2 Å². The van der Waals surface area contributed by atoms with Gasteiger partial charge in [-0.15, -0.1) is 0 Å². The number of rotatable bonds is 4. The SMILES string of the molecule is Cc1ncc(N2CCC3(CCN(c4cnc5cnn(CC(F)F)c5n4)CC3)C2)c(C(F)(F)F)n1. The minimum absolute atomic E-state index is 0.0287. The standard InChI is InChI=1S/C21H23F5N8/c1-13-27-9-15(18(30-13)21(24,25)26)33-7-4-20(12-33)2-5-32(6-3-20)17-10-28-14-8-29-34(11-16(22)23)19(14)31-17/h8-10,16H,2-7,11-12H2,1H3. The summed E-state index contributed by atoms with van der Waals surface area (Å²) in [5, 5.41) is 3.94. The van der Waals surface area contributed by atoms with E-state index in [0.717, 1.165) is 23.9 Å². The molecule has 0 unspecified atom stereocenters. The molecule has 2 aliphatic rings. The first-order valence-corrected chi connectivity index (χ1v) is 11.0. The smallest absolute Gasteiger partial charge is 0.368 e. The first-order valence-electron chi connectivity index (χ1n) is 11.0. The molecule has 5 rings (SSSR count). The van der Waals surface area contributed by atoms with Gasteiger partial charge in [0.05, 0.1) is 24.3 Å². The highest BCUT2D eigenvalue weighted by Crippen LogP contribution is 2.44. The summed E-state index contributed by atoms with van der Waals surface area (Å²) in [6.45, 7) is 3.20. The van der Waals surface area contributed by atoms with Crippen LogP contribution in [0.15, 0.2) is 18.6 Å². The third-order valence-electron chi connectivity index (χ3n) is 6.73. The van der Waals surface area contributed by atoms with E-state index in [-0.39, 0.29) is 16.9 Å². The van der Waals surface area contributed by atoms with Gasteiger partial charge in [0.1, 0.15) is 23.7 Å². The largest absolute Gasteiger partial charge is 0.435 e. The molecule has 8 nitrogen and oxygen atoms in total. The van der Waals surface area contributed by atoms with Crippen LogP contribution in [0.4, 0.5) is 33.5 Å². The summed E-state index contributed by atoms with van der Waals surface area (Å²) < 4.78 is 67.5. The number of piperidine rings is 1. The van der Waals surface area contributed by atoms with E-state index in [4.69, 9.17) is 0 Å². The van der Waals surface area contributed by atoms with Gasteiger partial charge < -0.3 is 9.80 Å². The van der Waals surface area contributed by atoms with Crippen LogP contribution in [0.3, 0.4) is 0 Å². The Morgan fingerprint density at radius 3 is 2.35 bits per heavy atom. The average molecular weight is 482 g/mol. The van der Waals surface area contributed by atoms with Gasteiger partial charge in [0.2, 0.25) is 0 Å². The summed E-state index contributed by atoms with van der Waals surface area (Å²) >= 11 is 0. The van der Waals surface area contributed by atoms with E-state index in [2.05, 4.69) is 25.0 Å². The molecule has 0 radical (unpaired) electrons. The minimum atomic E-state index is -4.55. The molecule has 0 N–H and O–H groups in total. The normalized spacial score (nSPS) is 18.6. The first kappa shape index (κ1) is 22.7. The molecule has 34 heavy (non-hydrogen) atoms. The maximum Gasteiger partial charge on any atom is 0.435 e. The van der Waals surface area contributed by atoms with Crippen LogP contribution in [-0.4, -0.2) is 62.3 Å². The van der Waals surface area contributed by atoms with Crippen LogP contribution >= 0.6 is 0 Å². The van der Waals surface area contributed by atoms with Crippen molar-refractivity contribution in [1.82, 2.24) is 29.7 Å². The van der Waals surface area contributed by atoms with Gasteiger partial charge in [-0.1, -0.05) is 0 Å². The Hall–Kier alpha value is -3.12. The molecule has 2 saturated heterocycles. The van der Waals surface area contributed by atoms with Crippen LogP contribution in [-0.2, 0) is 12.7 Å². The van der Waals surface area contributed by atoms with E-state index in [1.165, 1.54) is 19.3 Å². The molecular weight excluding hydrogens is 459 g/mol. The van der Waals surface area contributed by atoms with Crippen LogP contribution in [0, 0.1) is 12.3 Å². The van der Waals surface area contributed by atoms with Crippen molar-refractivity contribution in [3.05, 3.63) is 30.1 Å². The molecule has 0 aliphatic carbocycles. The van der Waals surface area contributed by atoms with E-state index < -0.39 is 24.8 Å². The third-order valence-corrected chi connectivity index (χ3v) is 6.73. The van der Waals surface area contributed by atoms with Crippen molar-refractivity contribution in [2.45, 2.75) is 45.3 Å². The Morgan fingerprint density at radius 2 is 1.68 bits per heavy atom. The first-order chi connectivity index (χ1) is 16.1. The second-order valence-electron chi connectivity index (χ2n) is 8.96. The van der Waals surface area contributed by atoms with Crippen molar-refractivity contribution in [3.63, 3.8) is 0 Å². The zero-order valence-electron chi connectivity index (χ0n) is 18.4. The van der Waals surface area contributed by atoms with Gasteiger partial charge in [-0.2, -0.15) is 18.3 Å². The van der Waals surface area contributed by atoms with E-state index in [1.54, 1.807) is 11.1 Å². The minimum Gasteiger partial charge on any atom is -0.368 e. The maximum absolute atomic E-state index is 13.6. The van der Waals surface area contributed by atoms with Gasteiger partial charge in [-0.3, -0.25) is 0 Å². The van der Waals surface area contributed by atoms with Crippen LogP contribution in [0.25, 0.3) is 11.2 Å². The summed E-state index contributed by atoms with van der Waals surface area (Å²) in [5.41, 5.74) is -0.215. The van der Waals surface area contributed by atoms with Crippen molar-refractivity contribution in [3.8, 4) is 0 Å². The van der Waals surface area contributed by atoms with Gasteiger partial charge in [0.25, 0.3) is 6.43 Å². The van der Waals surface area contributed by atoms with Gasteiger partial charge in [-0.25, -0.2) is 33.4 Å². The van der Waals surface area contributed by atoms with Gasteiger partial charge >= 0.3 is 6.18 Å². The predicted octanol–water partition coefficient (Wildman–Crippen LogP) is 3.71. The predicted molar refractivity (Wildman–Crippen MR) is 114 cm³/mol. The summed E-state index contributed by atoms with van der Waals surface area (Å²) in [7, 11) is 0. The lowest BCUT2D eigenvalue weighted by Gasteiger charge is -2.39. The number of hydrogen-bond acceptors (Lipinski definition) is 7. The third kappa shape index (κ3) is 4.23. The number of nitrogens with zero attached hydrogens (tertiary/aromatic N) is 8. The Bertz CT molecular complexity index is 1190. The molecule has 0 atom stereocenters. The molecule has 0 saturated carbocycles. The molecule has 2 aliphatic heterocycles. The van der Waals surface area contributed by atoms with Gasteiger partial charge in [0.15, 0.2) is 11.3 Å². The second-order valence-corrected chi connectivity index (χ2v) is 8.96. The van der Waals surface area contributed by atoms with Crippen molar-refractivity contribution < 1.29 is 22.0 Å². The van der Waals surface area contributed by atoms with Gasteiger partial charge in [0, 0.05) is 26.2 Å². The zero-order valence-corrected chi connectivity index (χ0v) is 18.4. The average Bonchev–Trinajstić information content (AvgIpc) is 3.37. The summed E-state index contributed by atoms with van der Waals surface area (Å²) in [4.78, 5) is 20.3. The number of hydrogen-bond donors (Lipinski definition) is 0. The second kappa shape index (κ2) is 8.27. The molecule has 3 aromatic rings. The van der Waals surface area contributed by atoms with Crippen molar-refractivity contribution in [2.75, 3.05) is 36.0 Å². The highest BCUT2D eigenvalue weighted by atomic mass is 19.4. The Morgan fingerprint density at radius 1 is 0.971 bits per heavy atom. The van der Waals surface area contributed by atoms with E-state index in [1.807, 2.05) is 4.90 Å². The fourth-order valence-corrected chi connectivity index (χ4v) is 4.92. The quantitative estimate of drug-likeness (QED) is 0.525. The van der Waals surface area contributed by atoms with Gasteiger partial charge in [-0.05, 0) is 31.6 Å².